The van der Waals surface area contributed by atoms with Crippen LogP contribution in [-0.2, 0) is 0 Å². The number of amides is 1. The van der Waals surface area contributed by atoms with E-state index < -0.39 is 23.4 Å². The van der Waals surface area contributed by atoms with Crippen LogP contribution in [0.25, 0.3) is 0 Å². The third kappa shape index (κ3) is 4.17. The average molecular weight is 373 g/mol. The van der Waals surface area contributed by atoms with E-state index in [0.717, 1.165) is 12.1 Å². The molecule has 0 aliphatic carbocycles. The predicted octanol–water partition coefficient (Wildman–Crippen LogP) is 4.50. The Bertz CT molecular complexity index is 996. The van der Waals surface area contributed by atoms with Crippen molar-refractivity contribution in [1.82, 2.24) is 4.98 Å². The fourth-order valence-corrected chi connectivity index (χ4v) is 2.31. The number of halogens is 3. The second kappa shape index (κ2) is 7.77. The third-order valence-electron chi connectivity index (χ3n) is 3.64. The van der Waals surface area contributed by atoms with Crippen molar-refractivity contribution in [2.24, 2.45) is 0 Å². The van der Waals surface area contributed by atoms with E-state index in [0.29, 0.717) is 11.4 Å². The molecule has 0 saturated carbocycles. The molecule has 1 amide bonds. The fraction of sp³-hybridized carbons (Fsp3) is 0.0526. The Labute approximate surface area is 152 Å². The molecule has 0 radical (unpaired) electrons. The number of ether oxygens (including phenoxy) is 1. The lowest BCUT2D eigenvalue weighted by atomic mass is 10.2. The lowest BCUT2D eigenvalue weighted by Crippen LogP contribution is -2.12. The first-order chi connectivity index (χ1) is 13.0. The molecule has 0 aliphatic rings. The van der Waals surface area contributed by atoms with E-state index in [9.17, 15) is 18.0 Å². The number of carbonyl (C=O) groups is 1. The SMILES string of the molecule is COc1cccc(NC(=O)c2cncc(Nc3ccc(F)c(F)c3F)c2)c1. The highest BCUT2D eigenvalue weighted by molar-refractivity contribution is 6.04. The number of nitrogens with one attached hydrogen (secondary N) is 2. The molecular weight excluding hydrogens is 359 g/mol. The van der Waals surface area contributed by atoms with Crippen LogP contribution in [-0.4, -0.2) is 18.0 Å². The Hall–Kier alpha value is -3.55. The van der Waals surface area contributed by atoms with E-state index in [4.69, 9.17) is 4.74 Å². The Morgan fingerprint density at radius 2 is 1.81 bits per heavy atom. The minimum Gasteiger partial charge on any atom is -0.497 e. The topological polar surface area (TPSA) is 63.2 Å². The van der Waals surface area contributed by atoms with Gasteiger partial charge in [0, 0.05) is 18.0 Å². The number of pyridine rings is 1. The summed E-state index contributed by atoms with van der Waals surface area (Å²) in [5.41, 5.74) is 0.662. The summed E-state index contributed by atoms with van der Waals surface area (Å²) < 4.78 is 45.2. The number of hydrogen-bond donors (Lipinski definition) is 2. The maximum atomic E-state index is 13.8. The van der Waals surface area contributed by atoms with Crippen molar-refractivity contribution in [2.75, 3.05) is 17.7 Å². The van der Waals surface area contributed by atoms with Crippen LogP contribution < -0.4 is 15.4 Å². The van der Waals surface area contributed by atoms with Gasteiger partial charge in [0.2, 0.25) is 0 Å². The van der Waals surface area contributed by atoms with Gasteiger partial charge in [-0.25, -0.2) is 13.2 Å². The van der Waals surface area contributed by atoms with Crippen LogP contribution >= 0.6 is 0 Å². The third-order valence-corrected chi connectivity index (χ3v) is 3.64. The molecule has 0 atom stereocenters. The second-order valence-electron chi connectivity index (χ2n) is 5.50. The van der Waals surface area contributed by atoms with Gasteiger partial charge >= 0.3 is 0 Å². The molecule has 1 aromatic heterocycles. The molecule has 0 unspecified atom stereocenters. The summed E-state index contributed by atoms with van der Waals surface area (Å²) in [6, 6.07) is 10.0. The molecule has 8 heteroatoms. The van der Waals surface area contributed by atoms with Crippen LogP contribution in [0.3, 0.4) is 0 Å². The zero-order chi connectivity index (χ0) is 19.4. The first-order valence-electron chi connectivity index (χ1n) is 7.79. The normalized spacial score (nSPS) is 10.4. The van der Waals surface area contributed by atoms with Crippen molar-refractivity contribution in [3.05, 3.63) is 77.9 Å². The smallest absolute Gasteiger partial charge is 0.257 e. The molecule has 1 heterocycles. The summed E-state index contributed by atoms with van der Waals surface area (Å²) in [7, 11) is 1.51. The van der Waals surface area contributed by atoms with E-state index in [1.165, 1.54) is 25.6 Å². The molecule has 138 valence electrons. The minimum atomic E-state index is -1.58. The number of aromatic nitrogens is 1. The molecule has 0 spiro atoms. The summed E-state index contributed by atoms with van der Waals surface area (Å²) in [5.74, 6) is -4.11. The van der Waals surface area contributed by atoms with Gasteiger partial charge < -0.3 is 15.4 Å². The van der Waals surface area contributed by atoms with Gasteiger partial charge in [0.15, 0.2) is 17.5 Å². The van der Waals surface area contributed by atoms with E-state index in [1.807, 2.05) is 0 Å². The highest BCUT2D eigenvalue weighted by Gasteiger charge is 2.14. The number of carbonyl (C=O) groups excluding carboxylic acids is 1. The molecule has 3 aromatic rings. The molecule has 2 aromatic carbocycles. The van der Waals surface area contributed by atoms with Gasteiger partial charge in [0.05, 0.1) is 30.2 Å². The van der Waals surface area contributed by atoms with Crippen molar-refractivity contribution >= 4 is 23.0 Å². The monoisotopic (exact) mass is 373 g/mol. The Morgan fingerprint density at radius 3 is 2.59 bits per heavy atom. The summed E-state index contributed by atoms with van der Waals surface area (Å²) in [6.07, 6.45) is 2.64. The van der Waals surface area contributed by atoms with Gasteiger partial charge in [-0.15, -0.1) is 0 Å². The second-order valence-corrected chi connectivity index (χ2v) is 5.50. The first kappa shape index (κ1) is 18.2. The van der Waals surface area contributed by atoms with Crippen LogP contribution in [0.5, 0.6) is 5.75 Å². The van der Waals surface area contributed by atoms with Crippen molar-refractivity contribution in [1.29, 1.82) is 0 Å². The van der Waals surface area contributed by atoms with E-state index in [2.05, 4.69) is 15.6 Å². The number of methoxy groups -OCH3 is 1. The van der Waals surface area contributed by atoms with Gasteiger partial charge in [-0.2, -0.15) is 0 Å². The largest absolute Gasteiger partial charge is 0.497 e. The maximum Gasteiger partial charge on any atom is 0.257 e. The molecular formula is C19H14F3N3O2. The highest BCUT2D eigenvalue weighted by atomic mass is 19.2. The predicted molar refractivity (Wildman–Crippen MR) is 94.8 cm³/mol. The van der Waals surface area contributed by atoms with Crippen LogP contribution in [0.2, 0.25) is 0 Å². The molecule has 0 bridgehead atoms. The number of rotatable bonds is 5. The summed E-state index contributed by atoms with van der Waals surface area (Å²) >= 11 is 0. The van der Waals surface area contributed by atoms with Crippen LogP contribution in [0.15, 0.2) is 54.9 Å². The van der Waals surface area contributed by atoms with Crippen molar-refractivity contribution in [3.8, 4) is 5.75 Å². The lowest BCUT2D eigenvalue weighted by molar-refractivity contribution is 0.102. The number of nitrogens with zero attached hydrogens (tertiary/aromatic N) is 1. The van der Waals surface area contributed by atoms with Gasteiger partial charge in [-0.05, 0) is 30.3 Å². The van der Waals surface area contributed by atoms with Crippen LogP contribution in [0, 0.1) is 17.5 Å². The van der Waals surface area contributed by atoms with Gasteiger partial charge in [-0.3, -0.25) is 9.78 Å². The quantitative estimate of drug-likeness (QED) is 0.647. The summed E-state index contributed by atoms with van der Waals surface area (Å²) in [5, 5.41) is 5.26. The molecule has 3 rings (SSSR count). The lowest BCUT2D eigenvalue weighted by Gasteiger charge is -2.10. The van der Waals surface area contributed by atoms with Crippen molar-refractivity contribution in [2.45, 2.75) is 0 Å². The van der Waals surface area contributed by atoms with Crippen molar-refractivity contribution in [3.63, 3.8) is 0 Å². The van der Waals surface area contributed by atoms with Crippen LogP contribution in [0.4, 0.5) is 30.2 Å². The fourth-order valence-electron chi connectivity index (χ4n) is 2.31. The zero-order valence-corrected chi connectivity index (χ0v) is 14.1. The molecule has 0 aliphatic heterocycles. The highest BCUT2D eigenvalue weighted by Crippen LogP contribution is 2.24. The molecule has 0 saturated heterocycles. The first-order valence-corrected chi connectivity index (χ1v) is 7.79. The van der Waals surface area contributed by atoms with E-state index in [-0.39, 0.29) is 16.9 Å². The molecule has 0 fully saturated rings. The number of anilines is 3. The molecule has 5 nitrogen and oxygen atoms in total. The van der Waals surface area contributed by atoms with E-state index in [1.54, 1.807) is 24.3 Å². The minimum absolute atomic E-state index is 0.186. The standard InChI is InChI=1S/C19H14F3N3O2/c1-27-14-4-2-3-12(8-14)25-19(26)11-7-13(10-23-9-11)24-16-6-5-15(20)17(21)18(16)22/h2-10,24H,1H3,(H,25,26). The van der Waals surface area contributed by atoms with Gasteiger partial charge in [-0.1, -0.05) is 6.07 Å². The number of hydrogen-bond acceptors (Lipinski definition) is 4. The summed E-state index contributed by atoms with van der Waals surface area (Å²) in [6.45, 7) is 0. The molecule has 27 heavy (non-hydrogen) atoms. The Kier molecular flexibility index (Phi) is 5.25. The van der Waals surface area contributed by atoms with Gasteiger partial charge in [0.25, 0.3) is 5.91 Å². The number of benzene rings is 2. The summed E-state index contributed by atoms with van der Waals surface area (Å²) in [4.78, 5) is 16.3. The zero-order valence-electron chi connectivity index (χ0n) is 14.1. The molecule has 2 N–H and O–H groups in total. The van der Waals surface area contributed by atoms with Gasteiger partial charge in [0.1, 0.15) is 5.75 Å². The maximum absolute atomic E-state index is 13.8. The Morgan fingerprint density at radius 1 is 1.00 bits per heavy atom. The van der Waals surface area contributed by atoms with Crippen LogP contribution in [0.1, 0.15) is 10.4 Å². The average Bonchev–Trinajstić information content (AvgIpc) is 2.69. The Balaban J connectivity index is 1.79. The van der Waals surface area contributed by atoms with E-state index >= 15 is 0 Å². The van der Waals surface area contributed by atoms with Crippen molar-refractivity contribution < 1.29 is 22.7 Å².